The number of aliphatic hydroxyl groups excluding tert-OH is 1. The van der Waals surface area contributed by atoms with Crippen LogP contribution in [0.15, 0.2) is 18.2 Å². The van der Waals surface area contributed by atoms with Crippen molar-refractivity contribution in [3.05, 3.63) is 29.3 Å². The van der Waals surface area contributed by atoms with Gasteiger partial charge in [0.1, 0.15) is 11.9 Å². The van der Waals surface area contributed by atoms with E-state index in [-0.39, 0.29) is 30.8 Å². The number of ether oxygens (including phenoxy) is 3. The quantitative estimate of drug-likeness (QED) is 0.318. The SMILES string of the molecule is CCCCCC(CCC1C2Cc3cccc(OCC(=O)O)c3CC2C[C@H]1O)OC(=O)OC(C)C. The lowest BCUT2D eigenvalue weighted by Crippen LogP contribution is -2.29. The molecule has 2 aliphatic rings. The second-order valence-corrected chi connectivity index (χ2v) is 10.1. The number of carbonyl (C=O) groups excluding carboxylic acids is 1. The van der Waals surface area contributed by atoms with Crippen molar-refractivity contribution in [3.63, 3.8) is 0 Å². The van der Waals surface area contributed by atoms with Crippen LogP contribution in [0.25, 0.3) is 0 Å². The average molecular weight is 477 g/mol. The van der Waals surface area contributed by atoms with E-state index in [4.69, 9.17) is 19.3 Å². The molecule has 2 aliphatic carbocycles. The molecule has 0 aromatic heterocycles. The lowest BCUT2D eigenvalue weighted by molar-refractivity contribution is -0.139. The Morgan fingerprint density at radius 3 is 2.62 bits per heavy atom. The first-order chi connectivity index (χ1) is 16.3. The molecule has 0 bridgehead atoms. The molecule has 0 radical (unpaired) electrons. The average Bonchev–Trinajstić information content (AvgIpc) is 3.07. The Bertz CT molecular complexity index is 821. The van der Waals surface area contributed by atoms with Gasteiger partial charge in [-0.3, -0.25) is 0 Å². The summed E-state index contributed by atoms with van der Waals surface area (Å²) in [7, 11) is 0. The molecule has 3 rings (SSSR count). The van der Waals surface area contributed by atoms with Crippen LogP contribution < -0.4 is 4.74 Å². The van der Waals surface area contributed by atoms with Gasteiger partial charge in [-0.2, -0.15) is 0 Å². The van der Waals surface area contributed by atoms with E-state index in [9.17, 15) is 14.7 Å². The van der Waals surface area contributed by atoms with Crippen LogP contribution in [-0.4, -0.2) is 47.3 Å². The lowest BCUT2D eigenvalue weighted by atomic mass is 9.73. The number of rotatable bonds is 12. The highest BCUT2D eigenvalue weighted by Crippen LogP contribution is 2.48. The van der Waals surface area contributed by atoms with Crippen LogP contribution in [0.4, 0.5) is 4.79 Å². The third-order valence-corrected chi connectivity index (χ3v) is 7.24. The van der Waals surface area contributed by atoms with Gasteiger partial charge in [-0.15, -0.1) is 0 Å². The lowest BCUT2D eigenvalue weighted by Gasteiger charge is -2.32. The van der Waals surface area contributed by atoms with Gasteiger partial charge in [0, 0.05) is 0 Å². The number of aliphatic hydroxyl groups is 1. The molecule has 2 N–H and O–H groups in total. The summed E-state index contributed by atoms with van der Waals surface area (Å²) < 4.78 is 16.4. The number of fused-ring (bicyclic) bond motifs is 2. The van der Waals surface area contributed by atoms with Crippen molar-refractivity contribution in [2.24, 2.45) is 17.8 Å². The molecular weight excluding hydrogens is 436 g/mol. The molecule has 7 nitrogen and oxygen atoms in total. The molecule has 0 heterocycles. The summed E-state index contributed by atoms with van der Waals surface area (Å²) in [5.74, 6) is 0.503. The number of unbranched alkanes of at least 4 members (excludes halogenated alkanes) is 2. The topological polar surface area (TPSA) is 102 Å². The largest absolute Gasteiger partial charge is 0.508 e. The van der Waals surface area contributed by atoms with E-state index in [1.54, 1.807) is 13.8 Å². The molecule has 1 saturated carbocycles. The minimum Gasteiger partial charge on any atom is -0.482 e. The van der Waals surface area contributed by atoms with Crippen LogP contribution >= 0.6 is 0 Å². The zero-order chi connectivity index (χ0) is 24.7. The Balaban J connectivity index is 1.64. The summed E-state index contributed by atoms with van der Waals surface area (Å²) >= 11 is 0. The van der Waals surface area contributed by atoms with Crippen molar-refractivity contribution in [2.75, 3.05) is 6.61 Å². The Kier molecular flexibility index (Phi) is 9.63. The number of aliphatic carboxylic acids is 1. The van der Waals surface area contributed by atoms with Gasteiger partial charge < -0.3 is 24.4 Å². The van der Waals surface area contributed by atoms with Crippen LogP contribution in [0.3, 0.4) is 0 Å². The molecule has 0 amide bonds. The standard InChI is InChI=1S/C27H40O7/c1-4-5-6-9-20(34-27(31)33-17(2)3)11-12-21-22-13-18-8-7-10-25(32-16-26(29)30)23(18)14-19(22)15-24(21)28/h7-8,10,17,19-22,24,28H,4-6,9,11-16H2,1-3H3,(H,29,30)/t19?,20?,21?,22?,24-/m1/s1. The summed E-state index contributed by atoms with van der Waals surface area (Å²) in [4.78, 5) is 23.0. The number of carboxylic acid groups (broad SMARTS) is 1. The van der Waals surface area contributed by atoms with E-state index >= 15 is 0 Å². The Hall–Kier alpha value is -2.28. The second kappa shape index (κ2) is 12.4. The summed E-state index contributed by atoms with van der Waals surface area (Å²) in [5.41, 5.74) is 2.26. The molecule has 1 aromatic carbocycles. The first-order valence-corrected chi connectivity index (χ1v) is 12.8. The highest BCUT2D eigenvalue weighted by molar-refractivity contribution is 5.68. The van der Waals surface area contributed by atoms with E-state index in [1.807, 2.05) is 12.1 Å². The maximum absolute atomic E-state index is 12.1. The van der Waals surface area contributed by atoms with Crippen molar-refractivity contribution >= 4 is 12.1 Å². The minimum absolute atomic E-state index is 0.153. The number of benzene rings is 1. The molecular formula is C27H40O7. The van der Waals surface area contributed by atoms with E-state index in [1.165, 1.54) is 5.56 Å². The van der Waals surface area contributed by atoms with Crippen LogP contribution in [0, 0.1) is 17.8 Å². The van der Waals surface area contributed by atoms with Crippen molar-refractivity contribution in [3.8, 4) is 5.75 Å². The molecule has 1 aromatic rings. The summed E-state index contributed by atoms with van der Waals surface area (Å²) in [6, 6.07) is 5.83. The van der Waals surface area contributed by atoms with Gasteiger partial charge in [0.05, 0.1) is 12.2 Å². The normalized spacial score (nSPS) is 24.3. The van der Waals surface area contributed by atoms with Crippen LogP contribution in [0.1, 0.15) is 76.8 Å². The van der Waals surface area contributed by atoms with E-state index in [0.717, 1.165) is 63.4 Å². The van der Waals surface area contributed by atoms with Crippen LogP contribution in [-0.2, 0) is 27.1 Å². The van der Waals surface area contributed by atoms with Crippen molar-refractivity contribution in [1.29, 1.82) is 0 Å². The van der Waals surface area contributed by atoms with E-state index in [2.05, 4.69) is 13.0 Å². The predicted octanol–water partition coefficient (Wildman–Crippen LogP) is 5.15. The monoisotopic (exact) mass is 476 g/mol. The number of carbonyl (C=O) groups is 2. The van der Waals surface area contributed by atoms with Gasteiger partial charge in [0.2, 0.25) is 0 Å². The van der Waals surface area contributed by atoms with Gasteiger partial charge in [-0.05, 0) is 93.7 Å². The molecule has 34 heavy (non-hydrogen) atoms. The number of hydrogen-bond donors (Lipinski definition) is 2. The summed E-state index contributed by atoms with van der Waals surface area (Å²) in [5, 5.41) is 19.9. The van der Waals surface area contributed by atoms with Crippen LogP contribution in [0.2, 0.25) is 0 Å². The molecule has 0 aliphatic heterocycles. The van der Waals surface area contributed by atoms with Crippen molar-refractivity contribution in [1.82, 2.24) is 0 Å². The number of carboxylic acids is 1. The Morgan fingerprint density at radius 2 is 1.91 bits per heavy atom. The maximum Gasteiger partial charge on any atom is 0.508 e. The molecule has 5 atom stereocenters. The molecule has 0 saturated heterocycles. The molecule has 190 valence electrons. The highest BCUT2D eigenvalue weighted by Gasteiger charge is 2.45. The second-order valence-electron chi connectivity index (χ2n) is 10.1. The fourth-order valence-electron chi connectivity index (χ4n) is 5.70. The van der Waals surface area contributed by atoms with Crippen LogP contribution in [0.5, 0.6) is 5.75 Å². The van der Waals surface area contributed by atoms with Crippen molar-refractivity contribution in [2.45, 2.75) is 96.9 Å². The van der Waals surface area contributed by atoms with Crippen molar-refractivity contribution < 1.29 is 34.0 Å². The zero-order valence-corrected chi connectivity index (χ0v) is 20.7. The fraction of sp³-hybridized carbons (Fsp3) is 0.704. The Morgan fingerprint density at radius 1 is 1.12 bits per heavy atom. The third kappa shape index (κ3) is 7.11. The Labute approximate surface area is 202 Å². The van der Waals surface area contributed by atoms with E-state index < -0.39 is 12.1 Å². The van der Waals surface area contributed by atoms with E-state index in [0.29, 0.717) is 17.6 Å². The first kappa shape index (κ1) is 26.3. The van der Waals surface area contributed by atoms with Gasteiger partial charge in [0.25, 0.3) is 0 Å². The first-order valence-electron chi connectivity index (χ1n) is 12.8. The van der Waals surface area contributed by atoms with Gasteiger partial charge in [-0.1, -0.05) is 31.9 Å². The smallest absolute Gasteiger partial charge is 0.482 e. The fourth-order valence-corrected chi connectivity index (χ4v) is 5.70. The molecule has 4 unspecified atom stereocenters. The zero-order valence-electron chi connectivity index (χ0n) is 20.7. The number of hydrogen-bond acceptors (Lipinski definition) is 6. The highest BCUT2D eigenvalue weighted by atomic mass is 16.7. The van der Waals surface area contributed by atoms with Gasteiger partial charge in [-0.25, -0.2) is 9.59 Å². The summed E-state index contributed by atoms with van der Waals surface area (Å²) in [6.07, 6.45) is 6.51. The summed E-state index contributed by atoms with van der Waals surface area (Å²) in [6.45, 7) is 5.41. The van der Waals surface area contributed by atoms with Gasteiger partial charge in [0.15, 0.2) is 6.61 Å². The third-order valence-electron chi connectivity index (χ3n) is 7.24. The predicted molar refractivity (Wildman–Crippen MR) is 128 cm³/mol. The molecule has 0 spiro atoms. The molecule has 1 fully saturated rings. The molecule has 7 heteroatoms. The van der Waals surface area contributed by atoms with Gasteiger partial charge >= 0.3 is 12.1 Å². The minimum atomic E-state index is -0.990. The maximum atomic E-state index is 12.1.